The molecule has 0 aromatic heterocycles. The highest BCUT2D eigenvalue weighted by molar-refractivity contribution is 9.08. The van der Waals surface area contributed by atoms with Crippen molar-refractivity contribution in [3.63, 3.8) is 0 Å². The van der Waals surface area contributed by atoms with Crippen LogP contribution in [0, 0.1) is 0 Å². The molecule has 0 aliphatic rings. The van der Waals surface area contributed by atoms with Gasteiger partial charge in [-0.15, -0.1) is 0 Å². The van der Waals surface area contributed by atoms with Gasteiger partial charge in [0.25, 0.3) is 0 Å². The van der Waals surface area contributed by atoms with Crippen molar-refractivity contribution < 1.29 is 35.8 Å². The van der Waals surface area contributed by atoms with E-state index in [4.69, 9.17) is 0 Å². The van der Waals surface area contributed by atoms with Crippen molar-refractivity contribution in [2.75, 3.05) is 13.4 Å². The molecule has 0 fully saturated rings. The molecule has 0 N–H and O–H groups in total. The zero-order valence-electron chi connectivity index (χ0n) is 9.82. The fraction of sp³-hybridized carbons (Fsp3) is 0.455. The van der Waals surface area contributed by atoms with Crippen molar-refractivity contribution in [1.82, 2.24) is 0 Å². The van der Waals surface area contributed by atoms with E-state index < -0.39 is 37.1 Å². The molecule has 9 heteroatoms. The van der Waals surface area contributed by atoms with E-state index in [9.17, 15) is 26.3 Å². The lowest BCUT2D eigenvalue weighted by atomic mass is 10.1. The van der Waals surface area contributed by atoms with Crippen LogP contribution < -0.4 is 4.74 Å². The number of hydrogen-bond donors (Lipinski definition) is 0. The predicted molar refractivity (Wildman–Crippen MR) is 61.6 cm³/mol. The van der Waals surface area contributed by atoms with Crippen molar-refractivity contribution in [2.45, 2.75) is 17.7 Å². The monoisotopic (exact) mass is 366 g/mol. The van der Waals surface area contributed by atoms with Crippen LogP contribution >= 0.6 is 15.9 Å². The van der Waals surface area contributed by atoms with Crippen molar-refractivity contribution in [2.24, 2.45) is 0 Å². The summed E-state index contributed by atoms with van der Waals surface area (Å²) in [5.41, 5.74) is -0.703. The molecule has 0 saturated carbocycles. The van der Waals surface area contributed by atoms with E-state index >= 15 is 0 Å². The summed E-state index contributed by atoms with van der Waals surface area (Å²) in [5.74, 6) is -0.579. The highest BCUT2D eigenvalue weighted by atomic mass is 79.9. The molecule has 2 nitrogen and oxygen atoms in total. The topological polar surface area (TPSA) is 18.5 Å². The molecule has 20 heavy (non-hydrogen) atoms. The second kappa shape index (κ2) is 6.66. The summed E-state index contributed by atoms with van der Waals surface area (Å²) >= 11 is 3.01. The summed E-state index contributed by atoms with van der Waals surface area (Å²) < 4.78 is 82.3. The van der Waals surface area contributed by atoms with Crippen LogP contribution in [0.4, 0.5) is 26.3 Å². The Hall–Kier alpha value is -0.960. The number of ether oxygens (including phenoxy) is 2. The molecule has 1 aromatic rings. The average molecular weight is 367 g/mol. The van der Waals surface area contributed by atoms with Gasteiger partial charge in [0.2, 0.25) is 0 Å². The largest absolute Gasteiger partial charge is 0.467 e. The van der Waals surface area contributed by atoms with Crippen molar-refractivity contribution in [3.8, 4) is 5.75 Å². The summed E-state index contributed by atoms with van der Waals surface area (Å²) in [7, 11) is 0. The lowest BCUT2D eigenvalue weighted by Crippen LogP contribution is -2.19. The first-order chi connectivity index (χ1) is 9.13. The van der Waals surface area contributed by atoms with Gasteiger partial charge in [0, 0.05) is 5.33 Å². The second-order valence-electron chi connectivity index (χ2n) is 3.69. The van der Waals surface area contributed by atoms with Gasteiger partial charge in [0.15, 0.2) is 6.79 Å². The van der Waals surface area contributed by atoms with Gasteiger partial charge in [-0.3, -0.25) is 0 Å². The molecular weight excluding hydrogens is 358 g/mol. The Morgan fingerprint density at radius 2 is 1.70 bits per heavy atom. The summed E-state index contributed by atoms with van der Waals surface area (Å²) in [4.78, 5) is 0. The number of alkyl halides is 7. The Kier molecular flexibility index (Phi) is 5.69. The predicted octanol–water partition coefficient (Wildman–Crippen LogP) is 4.52. The van der Waals surface area contributed by atoms with Gasteiger partial charge < -0.3 is 9.47 Å². The lowest BCUT2D eigenvalue weighted by Gasteiger charge is -2.15. The minimum absolute atomic E-state index is 0.209. The van der Waals surface area contributed by atoms with Crippen LogP contribution in [0.5, 0.6) is 5.75 Å². The van der Waals surface area contributed by atoms with E-state index in [-0.39, 0.29) is 5.33 Å². The van der Waals surface area contributed by atoms with Gasteiger partial charge in [0.05, 0.1) is 5.56 Å². The molecule has 0 saturated heterocycles. The number of halogens is 7. The standard InChI is InChI=1S/C11H9BrF6O2/c12-4-7-1-2-9(8(3-7)11(16,17)18)20-6-19-5-10(13,14)15/h1-3H,4-6H2. The molecule has 0 amide bonds. The third-order valence-corrected chi connectivity index (χ3v) is 2.71. The SMILES string of the molecule is FC(F)(F)COCOc1ccc(CBr)cc1C(F)(F)F. The van der Waals surface area contributed by atoms with Crippen molar-refractivity contribution >= 4 is 15.9 Å². The van der Waals surface area contributed by atoms with Crippen LogP contribution in [-0.2, 0) is 16.2 Å². The fourth-order valence-electron chi connectivity index (χ4n) is 1.27. The second-order valence-corrected chi connectivity index (χ2v) is 4.25. The Labute approximate surface area is 118 Å². The van der Waals surface area contributed by atoms with Crippen LogP contribution in [0.3, 0.4) is 0 Å². The first-order valence-corrected chi connectivity index (χ1v) is 6.29. The maximum Gasteiger partial charge on any atom is 0.419 e. The van der Waals surface area contributed by atoms with E-state index in [1.54, 1.807) is 0 Å². The van der Waals surface area contributed by atoms with Gasteiger partial charge in [-0.25, -0.2) is 0 Å². The molecule has 1 rings (SSSR count). The zero-order chi connectivity index (χ0) is 15.4. The molecule has 0 aliphatic heterocycles. The quantitative estimate of drug-likeness (QED) is 0.330. The fourth-order valence-corrected chi connectivity index (χ4v) is 1.62. The summed E-state index contributed by atoms with van der Waals surface area (Å²) in [6.07, 6.45) is -9.23. The highest BCUT2D eigenvalue weighted by Crippen LogP contribution is 2.37. The van der Waals surface area contributed by atoms with Gasteiger partial charge >= 0.3 is 12.4 Å². The van der Waals surface area contributed by atoms with E-state index in [2.05, 4.69) is 25.4 Å². The minimum atomic E-state index is -4.67. The third kappa shape index (κ3) is 5.58. The number of benzene rings is 1. The molecule has 0 radical (unpaired) electrons. The molecule has 0 atom stereocenters. The maximum absolute atomic E-state index is 12.7. The van der Waals surface area contributed by atoms with Gasteiger partial charge in [0.1, 0.15) is 12.4 Å². The van der Waals surface area contributed by atoms with E-state index in [1.807, 2.05) is 0 Å². The Morgan fingerprint density at radius 1 is 1.05 bits per heavy atom. The van der Waals surface area contributed by atoms with E-state index in [1.165, 1.54) is 6.07 Å². The van der Waals surface area contributed by atoms with Gasteiger partial charge in [-0.2, -0.15) is 26.3 Å². The van der Waals surface area contributed by atoms with Crippen molar-refractivity contribution in [1.29, 1.82) is 0 Å². The molecule has 1 aromatic carbocycles. The molecule has 114 valence electrons. The minimum Gasteiger partial charge on any atom is -0.467 e. The summed E-state index contributed by atoms with van der Waals surface area (Å²) in [6, 6.07) is 3.26. The van der Waals surface area contributed by atoms with E-state index in [0.29, 0.717) is 5.56 Å². The van der Waals surface area contributed by atoms with Crippen LogP contribution in [0.1, 0.15) is 11.1 Å². The maximum atomic E-state index is 12.7. The first kappa shape index (κ1) is 17.1. The summed E-state index contributed by atoms with van der Waals surface area (Å²) in [5, 5.41) is 0.209. The number of hydrogen-bond acceptors (Lipinski definition) is 2. The smallest absolute Gasteiger partial charge is 0.419 e. The molecular formula is C11H9BrF6O2. The molecule has 0 spiro atoms. The Bertz CT molecular complexity index is 444. The summed E-state index contributed by atoms with van der Waals surface area (Å²) in [6.45, 7) is -2.51. The molecule has 0 unspecified atom stereocenters. The normalized spacial score (nSPS) is 12.6. The zero-order valence-corrected chi connectivity index (χ0v) is 11.4. The lowest BCUT2D eigenvalue weighted by molar-refractivity contribution is -0.187. The third-order valence-electron chi connectivity index (χ3n) is 2.07. The van der Waals surface area contributed by atoms with Crippen LogP contribution in [0.2, 0.25) is 0 Å². The molecule has 0 heterocycles. The van der Waals surface area contributed by atoms with Gasteiger partial charge in [-0.05, 0) is 17.7 Å². The van der Waals surface area contributed by atoms with Crippen LogP contribution in [0.25, 0.3) is 0 Å². The molecule has 0 aliphatic carbocycles. The van der Waals surface area contributed by atoms with E-state index in [0.717, 1.165) is 12.1 Å². The first-order valence-electron chi connectivity index (χ1n) is 5.17. The van der Waals surface area contributed by atoms with Crippen molar-refractivity contribution in [3.05, 3.63) is 29.3 Å². The molecule has 0 bridgehead atoms. The Morgan fingerprint density at radius 3 is 2.20 bits per heavy atom. The van der Waals surface area contributed by atoms with Gasteiger partial charge in [-0.1, -0.05) is 22.0 Å². The Balaban J connectivity index is 2.74. The highest BCUT2D eigenvalue weighted by Gasteiger charge is 2.35. The van der Waals surface area contributed by atoms with Crippen LogP contribution in [-0.4, -0.2) is 19.6 Å². The van der Waals surface area contributed by atoms with Crippen LogP contribution in [0.15, 0.2) is 18.2 Å². The number of rotatable bonds is 5. The average Bonchev–Trinajstić information content (AvgIpc) is 2.32.